The summed E-state index contributed by atoms with van der Waals surface area (Å²) in [6, 6.07) is 13.8. The summed E-state index contributed by atoms with van der Waals surface area (Å²) in [5.41, 5.74) is 6.33. The van der Waals surface area contributed by atoms with Gasteiger partial charge in [0, 0.05) is 66.1 Å². The largest absolute Gasteiger partial charge is 0.353 e. The van der Waals surface area contributed by atoms with Gasteiger partial charge in [-0.25, -0.2) is 9.50 Å². The van der Waals surface area contributed by atoms with Crippen LogP contribution in [-0.4, -0.2) is 44.8 Å². The molecule has 0 spiro atoms. The molecule has 2 atom stereocenters. The van der Waals surface area contributed by atoms with Gasteiger partial charge < -0.3 is 10.2 Å². The number of hydrogen-bond donors (Lipinski definition) is 1. The molecule has 0 radical (unpaired) electrons. The summed E-state index contributed by atoms with van der Waals surface area (Å²) in [5.74, 6) is 1.01. The average Bonchev–Trinajstić information content (AvgIpc) is 3.40. The van der Waals surface area contributed by atoms with Crippen LogP contribution in [0.5, 0.6) is 0 Å². The van der Waals surface area contributed by atoms with Crippen LogP contribution >= 0.6 is 0 Å². The van der Waals surface area contributed by atoms with E-state index in [2.05, 4.69) is 50.6 Å². The number of hydrogen-bond acceptors (Lipinski definition) is 6. The molecule has 0 amide bonds. The fraction of sp³-hybridized carbons (Fsp3) is 0.280. The fourth-order valence-electron chi connectivity index (χ4n) is 5.02. The second kappa shape index (κ2) is 7.43. The minimum Gasteiger partial charge on any atom is -0.353 e. The number of rotatable bonds is 3. The van der Waals surface area contributed by atoms with Gasteiger partial charge in [0.15, 0.2) is 0 Å². The quantitative estimate of drug-likeness (QED) is 0.545. The van der Waals surface area contributed by atoms with Crippen molar-refractivity contribution in [1.82, 2.24) is 24.9 Å². The first kappa shape index (κ1) is 19.0. The van der Waals surface area contributed by atoms with Crippen LogP contribution in [0.4, 0.5) is 5.82 Å². The SMILES string of the molecule is Cc1cc(-c2cc(-c3ccc(N4CC5CCC(C4)N5)nc3)c3c(C#N)cnn3c2)ccn1. The molecule has 0 aliphatic carbocycles. The highest BCUT2D eigenvalue weighted by Crippen LogP contribution is 2.33. The van der Waals surface area contributed by atoms with Crippen LogP contribution in [0.1, 0.15) is 24.1 Å². The van der Waals surface area contributed by atoms with Gasteiger partial charge in [-0.3, -0.25) is 4.98 Å². The molecule has 2 saturated heterocycles. The lowest BCUT2D eigenvalue weighted by molar-refractivity contribution is 0.463. The third kappa shape index (κ3) is 3.20. The normalized spacial score (nSPS) is 19.9. The van der Waals surface area contributed by atoms with Crippen molar-refractivity contribution in [3.05, 3.63) is 66.4 Å². The van der Waals surface area contributed by atoms with E-state index in [0.717, 1.165) is 52.4 Å². The lowest BCUT2D eigenvalue weighted by Gasteiger charge is -2.33. The number of aromatic nitrogens is 4. The van der Waals surface area contributed by atoms with Crippen molar-refractivity contribution >= 4 is 11.3 Å². The Labute approximate surface area is 186 Å². The molecule has 2 aliphatic rings. The number of aryl methyl sites for hydroxylation is 1. The van der Waals surface area contributed by atoms with E-state index in [9.17, 15) is 5.26 Å². The maximum absolute atomic E-state index is 9.65. The maximum atomic E-state index is 9.65. The van der Waals surface area contributed by atoms with E-state index in [4.69, 9.17) is 4.98 Å². The summed E-state index contributed by atoms with van der Waals surface area (Å²) in [5, 5.41) is 17.8. The number of nitrogens with zero attached hydrogens (tertiary/aromatic N) is 6. The fourth-order valence-corrected chi connectivity index (χ4v) is 5.02. The number of anilines is 1. The summed E-state index contributed by atoms with van der Waals surface area (Å²) in [6.07, 6.45) is 9.82. The molecule has 2 aliphatic heterocycles. The zero-order chi connectivity index (χ0) is 21.7. The molecule has 158 valence electrons. The second-order valence-electron chi connectivity index (χ2n) is 8.74. The van der Waals surface area contributed by atoms with Gasteiger partial charge in [-0.15, -0.1) is 0 Å². The van der Waals surface area contributed by atoms with Crippen LogP contribution in [0.25, 0.3) is 27.8 Å². The van der Waals surface area contributed by atoms with Gasteiger partial charge in [0.2, 0.25) is 0 Å². The maximum Gasteiger partial charge on any atom is 0.128 e. The molecule has 1 N–H and O–H groups in total. The van der Waals surface area contributed by atoms with Gasteiger partial charge in [-0.05, 0) is 55.7 Å². The van der Waals surface area contributed by atoms with E-state index in [1.807, 2.05) is 31.6 Å². The van der Waals surface area contributed by atoms with E-state index in [0.29, 0.717) is 17.6 Å². The van der Waals surface area contributed by atoms with E-state index >= 15 is 0 Å². The average molecular weight is 422 g/mol. The summed E-state index contributed by atoms with van der Waals surface area (Å²) in [7, 11) is 0. The standard InChI is InChI=1S/C25H23N7/c1-16-8-17(6-7-27-16)19-9-23(25-20(10-26)12-29-32(25)13-19)18-2-5-24(28-11-18)31-14-21-3-4-22(15-31)30-21/h2,5-9,11-13,21-22,30H,3-4,14-15H2,1H3. The summed E-state index contributed by atoms with van der Waals surface area (Å²) in [4.78, 5) is 11.5. The first-order valence-electron chi connectivity index (χ1n) is 11.0. The molecule has 0 aromatic carbocycles. The lowest BCUT2D eigenvalue weighted by Crippen LogP contribution is -2.51. The smallest absolute Gasteiger partial charge is 0.128 e. The van der Waals surface area contributed by atoms with Crippen molar-refractivity contribution in [3.8, 4) is 28.3 Å². The van der Waals surface area contributed by atoms with Crippen molar-refractivity contribution in [3.63, 3.8) is 0 Å². The van der Waals surface area contributed by atoms with Crippen molar-refractivity contribution in [2.24, 2.45) is 0 Å². The summed E-state index contributed by atoms with van der Waals surface area (Å²) in [6.45, 7) is 3.99. The predicted octanol–water partition coefficient (Wildman–Crippen LogP) is 3.58. The predicted molar refractivity (Wildman–Crippen MR) is 123 cm³/mol. The molecule has 32 heavy (non-hydrogen) atoms. The molecular formula is C25H23N7. The van der Waals surface area contributed by atoms with Crippen LogP contribution < -0.4 is 10.2 Å². The van der Waals surface area contributed by atoms with Crippen molar-refractivity contribution in [2.45, 2.75) is 31.8 Å². The van der Waals surface area contributed by atoms with Gasteiger partial charge in [-0.1, -0.05) is 0 Å². The highest BCUT2D eigenvalue weighted by molar-refractivity contribution is 5.87. The van der Waals surface area contributed by atoms with E-state index < -0.39 is 0 Å². The lowest BCUT2D eigenvalue weighted by atomic mass is 10.00. The van der Waals surface area contributed by atoms with Gasteiger partial charge in [0.25, 0.3) is 0 Å². The molecule has 2 bridgehead atoms. The molecule has 2 unspecified atom stereocenters. The number of pyridine rings is 3. The third-order valence-corrected chi connectivity index (χ3v) is 6.56. The van der Waals surface area contributed by atoms with E-state index in [1.54, 1.807) is 10.7 Å². The summed E-state index contributed by atoms with van der Waals surface area (Å²) >= 11 is 0. The van der Waals surface area contributed by atoms with Crippen LogP contribution in [0.2, 0.25) is 0 Å². The monoisotopic (exact) mass is 421 g/mol. The minimum atomic E-state index is 0.556. The second-order valence-corrected chi connectivity index (χ2v) is 8.74. The number of nitrogens with one attached hydrogen (secondary N) is 1. The summed E-state index contributed by atoms with van der Waals surface area (Å²) < 4.78 is 1.79. The zero-order valence-electron chi connectivity index (χ0n) is 17.9. The Kier molecular flexibility index (Phi) is 4.40. The zero-order valence-corrected chi connectivity index (χ0v) is 17.9. The topological polar surface area (TPSA) is 82.1 Å². The molecule has 2 fully saturated rings. The van der Waals surface area contributed by atoms with Crippen LogP contribution in [0.3, 0.4) is 0 Å². The minimum absolute atomic E-state index is 0.556. The van der Waals surface area contributed by atoms with E-state index in [-0.39, 0.29) is 0 Å². The molecule has 4 aromatic rings. The van der Waals surface area contributed by atoms with Crippen LogP contribution in [-0.2, 0) is 0 Å². The van der Waals surface area contributed by atoms with Gasteiger partial charge in [0.1, 0.15) is 11.9 Å². The van der Waals surface area contributed by atoms with Crippen LogP contribution in [0.15, 0.2) is 55.1 Å². The Bertz CT molecular complexity index is 1340. The highest BCUT2D eigenvalue weighted by Gasteiger charge is 2.32. The molecular weight excluding hydrogens is 398 g/mol. The number of nitriles is 1. The molecule has 6 rings (SSSR count). The molecule has 7 nitrogen and oxygen atoms in total. The van der Waals surface area contributed by atoms with E-state index in [1.165, 1.54) is 12.8 Å². The molecule has 4 aromatic heterocycles. The Hall–Kier alpha value is -3.76. The van der Waals surface area contributed by atoms with Crippen LogP contribution in [0, 0.1) is 18.3 Å². The molecule has 0 saturated carbocycles. The third-order valence-electron chi connectivity index (χ3n) is 6.56. The Morgan fingerprint density at radius 1 is 1.00 bits per heavy atom. The van der Waals surface area contributed by atoms with Crippen molar-refractivity contribution in [1.29, 1.82) is 5.26 Å². The Morgan fingerprint density at radius 3 is 2.56 bits per heavy atom. The number of piperazine rings is 1. The van der Waals surface area contributed by atoms with Gasteiger partial charge >= 0.3 is 0 Å². The highest BCUT2D eigenvalue weighted by atomic mass is 15.3. The first-order chi connectivity index (χ1) is 15.7. The Morgan fingerprint density at radius 2 is 1.84 bits per heavy atom. The van der Waals surface area contributed by atoms with Crippen molar-refractivity contribution in [2.75, 3.05) is 18.0 Å². The molecule has 7 heteroatoms. The number of fused-ring (bicyclic) bond motifs is 3. The Balaban J connectivity index is 1.43. The van der Waals surface area contributed by atoms with Gasteiger partial charge in [-0.2, -0.15) is 10.4 Å². The van der Waals surface area contributed by atoms with Gasteiger partial charge in [0.05, 0.1) is 17.3 Å². The van der Waals surface area contributed by atoms with Crippen molar-refractivity contribution < 1.29 is 0 Å². The first-order valence-corrected chi connectivity index (χ1v) is 11.0. The molecule has 6 heterocycles.